The number of hydrogen-bond donors (Lipinski definition) is 3. The number of rotatable bonds is 5. The third-order valence-corrected chi connectivity index (χ3v) is 1.59. The van der Waals surface area contributed by atoms with Crippen LogP contribution in [-0.4, -0.2) is 44.0 Å². The standard InChI is InChI=1S/C8H15N3O4/c1-5(11-6(12)3-9)8(14)10-4-7(13)15-2/h5H,3-4,9H2,1-2H3,(H,10,14)(H,11,12)/t5-/m0/s1. The minimum Gasteiger partial charge on any atom is -0.468 e. The molecule has 1 atom stereocenters. The summed E-state index contributed by atoms with van der Waals surface area (Å²) in [5, 5.41) is 4.64. The van der Waals surface area contributed by atoms with E-state index in [4.69, 9.17) is 5.73 Å². The van der Waals surface area contributed by atoms with E-state index < -0.39 is 23.8 Å². The number of nitrogens with two attached hydrogens (primary N) is 1. The highest BCUT2D eigenvalue weighted by Gasteiger charge is 2.15. The second kappa shape index (κ2) is 6.77. The first-order valence-electron chi connectivity index (χ1n) is 4.35. The summed E-state index contributed by atoms with van der Waals surface area (Å²) in [5.74, 6) is -1.46. The van der Waals surface area contributed by atoms with Gasteiger partial charge < -0.3 is 21.1 Å². The van der Waals surface area contributed by atoms with Crippen molar-refractivity contribution in [3.63, 3.8) is 0 Å². The van der Waals surface area contributed by atoms with Gasteiger partial charge in [-0.1, -0.05) is 0 Å². The number of carbonyl (C=O) groups is 3. The van der Waals surface area contributed by atoms with Gasteiger partial charge in [0.15, 0.2) is 0 Å². The average Bonchev–Trinajstić information content (AvgIpc) is 2.24. The summed E-state index contributed by atoms with van der Waals surface area (Å²) < 4.78 is 4.32. The van der Waals surface area contributed by atoms with Crippen LogP contribution in [0.5, 0.6) is 0 Å². The van der Waals surface area contributed by atoms with Crippen LogP contribution in [0.1, 0.15) is 6.92 Å². The third-order valence-electron chi connectivity index (χ3n) is 1.59. The molecule has 0 spiro atoms. The van der Waals surface area contributed by atoms with Gasteiger partial charge in [-0.3, -0.25) is 14.4 Å². The van der Waals surface area contributed by atoms with Gasteiger partial charge in [0.25, 0.3) is 0 Å². The third kappa shape index (κ3) is 5.63. The molecule has 7 heteroatoms. The lowest BCUT2D eigenvalue weighted by Gasteiger charge is -2.12. The Bertz CT molecular complexity index is 254. The molecule has 0 bridgehead atoms. The number of nitrogens with one attached hydrogen (secondary N) is 2. The van der Waals surface area contributed by atoms with Crippen molar-refractivity contribution >= 4 is 17.8 Å². The predicted octanol–water partition coefficient (Wildman–Crippen LogP) is -2.26. The van der Waals surface area contributed by atoms with E-state index in [1.807, 2.05) is 0 Å². The Morgan fingerprint density at radius 3 is 2.47 bits per heavy atom. The summed E-state index contributed by atoms with van der Waals surface area (Å²) in [5.41, 5.74) is 5.05. The molecule has 0 fully saturated rings. The summed E-state index contributed by atoms with van der Waals surface area (Å²) >= 11 is 0. The van der Waals surface area contributed by atoms with Crippen LogP contribution in [0.2, 0.25) is 0 Å². The molecule has 0 aromatic heterocycles. The highest BCUT2D eigenvalue weighted by Crippen LogP contribution is 1.82. The van der Waals surface area contributed by atoms with Crippen LogP contribution in [0.25, 0.3) is 0 Å². The smallest absolute Gasteiger partial charge is 0.325 e. The Balaban J connectivity index is 3.89. The molecular weight excluding hydrogens is 202 g/mol. The summed E-state index contributed by atoms with van der Waals surface area (Å²) in [6.07, 6.45) is 0. The van der Waals surface area contributed by atoms with Crippen molar-refractivity contribution < 1.29 is 19.1 Å². The predicted molar refractivity (Wildman–Crippen MR) is 51.7 cm³/mol. The molecule has 15 heavy (non-hydrogen) atoms. The van der Waals surface area contributed by atoms with Gasteiger partial charge in [-0.25, -0.2) is 0 Å². The number of methoxy groups -OCH3 is 1. The molecule has 0 rings (SSSR count). The van der Waals surface area contributed by atoms with E-state index in [-0.39, 0.29) is 13.1 Å². The summed E-state index contributed by atoms with van der Waals surface area (Å²) in [6.45, 7) is 1.08. The molecule has 86 valence electrons. The van der Waals surface area contributed by atoms with E-state index in [0.29, 0.717) is 0 Å². The molecule has 0 aromatic carbocycles. The molecule has 0 aliphatic rings. The maximum Gasteiger partial charge on any atom is 0.325 e. The van der Waals surface area contributed by atoms with E-state index in [0.717, 1.165) is 0 Å². The summed E-state index contributed by atoms with van der Waals surface area (Å²) in [4.78, 5) is 32.7. The van der Waals surface area contributed by atoms with Crippen molar-refractivity contribution in [1.82, 2.24) is 10.6 Å². The molecule has 0 radical (unpaired) electrons. The molecule has 0 heterocycles. The first kappa shape index (κ1) is 13.4. The van der Waals surface area contributed by atoms with Crippen molar-refractivity contribution in [2.24, 2.45) is 5.73 Å². The Morgan fingerprint density at radius 2 is 2.00 bits per heavy atom. The second-order valence-corrected chi connectivity index (χ2v) is 2.79. The number of esters is 1. The van der Waals surface area contributed by atoms with Crippen LogP contribution in [0.15, 0.2) is 0 Å². The van der Waals surface area contributed by atoms with Gasteiger partial charge >= 0.3 is 5.97 Å². The van der Waals surface area contributed by atoms with Crippen molar-refractivity contribution in [1.29, 1.82) is 0 Å². The van der Waals surface area contributed by atoms with Crippen molar-refractivity contribution in [2.45, 2.75) is 13.0 Å². The number of amides is 2. The molecule has 0 saturated heterocycles. The van der Waals surface area contributed by atoms with Gasteiger partial charge in [-0.2, -0.15) is 0 Å². The van der Waals surface area contributed by atoms with Gasteiger partial charge in [0.05, 0.1) is 13.7 Å². The zero-order chi connectivity index (χ0) is 11.8. The zero-order valence-electron chi connectivity index (χ0n) is 8.70. The van der Waals surface area contributed by atoms with E-state index in [9.17, 15) is 14.4 Å². The van der Waals surface area contributed by atoms with Gasteiger partial charge in [-0.15, -0.1) is 0 Å². The monoisotopic (exact) mass is 217 g/mol. The van der Waals surface area contributed by atoms with Gasteiger partial charge in [0, 0.05) is 0 Å². The second-order valence-electron chi connectivity index (χ2n) is 2.79. The fourth-order valence-electron chi connectivity index (χ4n) is 0.751. The van der Waals surface area contributed by atoms with Crippen LogP contribution in [0, 0.1) is 0 Å². The quantitative estimate of drug-likeness (QED) is 0.450. The first-order valence-corrected chi connectivity index (χ1v) is 4.35. The Morgan fingerprint density at radius 1 is 1.40 bits per heavy atom. The number of ether oxygens (including phenoxy) is 1. The maximum absolute atomic E-state index is 11.2. The van der Waals surface area contributed by atoms with Gasteiger partial charge in [0.2, 0.25) is 11.8 Å². The lowest BCUT2D eigenvalue weighted by atomic mass is 10.3. The highest BCUT2D eigenvalue weighted by molar-refractivity contribution is 5.89. The fourth-order valence-corrected chi connectivity index (χ4v) is 0.751. The first-order chi connectivity index (χ1) is 7.01. The summed E-state index contributed by atoms with van der Waals surface area (Å²) in [7, 11) is 1.22. The topological polar surface area (TPSA) is 111 Å². The molecule has 7 nitrogen and oxygen atoms in total. The SMILES string of the molecule is COC(=O)CNC(=O)[C@H](C)NC(=O)CN. The normalized spacial score (nSPS) is 11.4. The lowest BCUT2D eigenvalue weighted by molar-refractivity contribution is -0.141. The van der Waals surface area contributed by atoms with Crippen LogP contribution in [0.4, 0.5) is 0 Å². The fraction of sp³-hybridized carbons (Fsp3) is 0.625. The lowest BCUT2D eigenvalue weighted by Crippen LogP contribution is -2.47. The number of hydrogen-bond acceptors (Lipinski definition) is 5. The minimum atomic E-state index is -0.731. The molecule has 0 unspecified atom stereocenters. The molecule has 0 aromatic rings. The van der Waals surface area contributed by atoms with Gasteiger partial charge in [0.1, 0.15) is 12.6 Å². The Kier molecular flexibility index (Phi) is 6.03. The number of carbonyl (C=O) groups excluding carboxylic acids is 3. The van der Waals surface area contributed by atoms with Crippen LogP contribution in [0.3, 0.4) is 0 Å². The van der Waals surface area contributed by atoms with E-state index >= 15 is 0 Å². The van der Waals surface area contributed by atoms with Crippen LogP contribution >= 0.6 is 0 Å². The molecule has 0 saturated carbocycles. The van der Waals surface area contributed by atoms with Crippen molar-refractivity contribution in [3.8, 4) is 0 Å². The minimum absolute atomic E-state index is 0.186. The Hall–Kier alpha value is -1.63. The highest BCUT2D eigenvalue weighted by atomic mass is 16.5. The van der Waals surface area contributed by atoms with E-state index in [1.165, 1.54) is 14.0 Å². The zero-order valence-corrected chi connectivity index (χ0v) is 8.70. The molecule has 4 N–H and O–H groups in total. The van der Waals surface area contributed by atoms with Crippen LogP contribution < -0.4 is 16.4 Å². The van der Waals surface area contributed by atoms with Crippen molar-refractivity contribution in [2.75, 3.05) is 20.2 Å². The maximum atomic E-state index is 11.2. The molecular formula is C8H15N3O4. The van der Waals surface area contributed by atoms with Crippen molar-refractivity contribution in [3.05, 3.63) is 0 Å². The molecule has 0 aliphatic heterocycles. The summed E-state index contributed by atoms with van der Waals surface area (Å²) in [6, 6.07) is -0.731. The molecule has 0 aliphatic carbocycles. The van der Waals surface area contributed by atoms with Gasteiger partial charge in [-0.05, 0) is 6.92 Å². The average molecular weight is 217 g/mol. The Labute approximate surface area is 87.3 Å². The molecule has 2 amide bonds. The van der Waals surface area contributed by atoms with E-state index in [1.54, 1.807) is 0 Å². The van der Waals surface area contributed by atoms with Crippen LogP contribution in [-0.2, 0) is 19.1 Å². The van der Waals surface area contributed by atoms with E-state index in [2.05, 4.69) is 15.4 Å². The largest absolute Gasteiger partial charge is 0.468 e.